The number of benzene rings is 1. The van der Waals surface area contributed by atoms with E-state index in [-0.39, 0.29) is 22.4 Å². The van der Waals surface area contributed by atoms with Crippen molar-refractivity contribution in [1.82, 2.24) is 0 Å². The highest BCUT2D eigenvalue weighted by Crippen LogP contribution is 2.27. The van der Waals surface area contributed by atoms with Crippen LogP contribution in [0.1, 0.15) is 25.7 Å². The van der Waals surface area contributed by atoms with Crippen LogP contribution >= 0.6 is 0 Å². The molecular weight excluding hydrogens is 252 g/mol. The second-order valence-corrected chi connectivity index (χ2v) is 6.04. The Morgan fingerprint density at radius 2 is 1.83 bits per heavy atom. The Labute approximate surface area is 106 Å². The number of nitrogens with one attached hydrogen (secondary N) is 1. The molecule has 1 aromatic carbocycles. The smallest absolute Gasteiger partial charge is 0.240 e. The summed E-state index contributed by atoms with van der Waals surface area (Å²) in [6, 6.07) is 6.18. The number of rotatable bonds is 3. The summed E-state index contributed by atoms with van der Waals surface area (Å²) in [6.45, 7) is 0. The van der Waals surface area contributed by atoms with Gasteiger partial charge in [0.05, 0.1) is 5.69 Å². The Hall–Kier alpha value is -1.40. The molecular formula is C12H16N2O3S. The number of anilines is 1. The van der Waals surface area contributed by atoms with E-state index < -0.39 is 10.0 Å². The number of sulfonamides is 1. The van der Waals surface area contributed by atoms with E-state index in [1.165, 1.54) is 6.07 Å². The van der Waals surface area contributed by atoms with Gasteiger partial charge in [0.2, 0.25) is 15.9 Å². The molecule has 1 amide bonds. The van der Waals surface area contributed by atoms with Crippen LogP contribution in [0.5, 0.6) is 0 Å². The van der Waals surface area contributed by atoms with Gasteiger partial charge >= 0.3 is 0 Å². The highest BCUT2D eigenvalue weighted by molar-refractivity contribution is 7.89. The van der Waals surface area contributed by atoms with Crippen molar-refractivity contribution < 1.29 is 13.2 Å². The van der Waals surface area contributed by atoms with Gasteiger partial charge in [-0.25, -0.2) is 13.6 Å². The second kappa shape index (κ2) is 5.07. The zero-order chi connectivity index (χ0) is 13.2. The molecule has 1 fully saturated rings. The fourth-order valence-electron chi connectivity index (χ4n) is 2.24. The summed E-state index contributed by atoms with van der Waals surface area (Å²) < 4.78 is 22.8. The van der Waals surface area contributed by atoms with Crippen LogP contribution in [0.4, 0.5) is 5.69 Å². The predicted molar refractivity (Wildman–Crippen MR) is 68.4 cm³/mol. The predicted octanol–water partition coefficient (Wildman–Crippen LogP) is 1.46. The van der Waals surface area contributed by atoms with Crippen molar-refractivity contribution in [2.24, 2.45) is 11.1 Å². The normalized spacial score (nSPS) is 16.7. The molecule has 98 valence electrons. The third-order valence-corrected chi connectivity index (χ3v) is 4.15. The van der Waals surface area contributed by atoms with Crippen molar-refractivity contribution in [3.63, 3.8) is 0 Å². The number of hydrogen-bond donors (Lipinski definition) is 2. The zero-order valence-electron chi connectivity index (χ0n) is 9.93. The minimum absolute atomic E-state index is 0.0152. The number of nitrogens with two attached hydrogens (primary N) is 1. The number of para-hydroxylation sites is 1. The summed E-state index contributed by atoms with van der Waals surface area (Å²) in [7, 11) is -3.82. The minimum atomic E-state index is -3.82. The van der Waals surface area contributed by atoms with Gasteiger partial charge in [0.1, 0.15) is 4.90 Å². The van der Waals surface area contributed by atoms with Gasteiger partial charge in [-0.2, -0.15) is 0 Å². The van der Waals surface area contributed by atoms with Gasteiger partial charge < -0.3 is 5.32 Å². The Morgan fingerprint density at radius 1 is 1.22 bits per heavy atom. The molecule has 0 radical (unpaired) electrons. The Bertz CT molecular complexity index is 548. The van der Waals surface area contributed by atoms with Crippen LogP contribution < -0.4 is 10.5 Å². The largest absolute Gasteiger partial charge is 0.325 e. The molecule has 0 aromatic heterocycles. The first-order valence-corrected chi connectivity index (χ1v) is 7.46. The van der Waals surface area contributed by atoms with Crippen molar-refractivity contribution in [3.8, 4) is 0 Å². The van der Waals surface area contributed by atoms with Gasteiger partial charge in [0.15, 0.2) is 0 Å². The van der Waals surface area contributed by atoms with Gasteiger partial charge in [0, 0.05) is 5.92 Å². The molecule has 1 saturated carbocycles. The minimum Gasteiger partial charge on any atom is -0.325 e. The summed E-state index contributed by atoms with van der Waals surface area (Å²) in [5.74, 6) is -0.137. The Balaban J connectivity index is 2.21. The first-order valence-electron chi connectivity index (χ1n) is 5.91. The van der Waals surface area contributed by atoms with Crippen LogP contribution in [0.3, 0.4) is 0 Å². The van der Waals surface area contributed by atoms with Gasteiger partial charge in [-0.15, -0.1) is 0 Å². The number of primary sulfonamides is 1. The average molecular weight is 268 g/mol. The van der Waals surface area contributed by atoms with Gasteiger partial charge in [-0.05, 0) is 25.0 Å². The first-order chi connectivity index (χ1) is 8.48. The van der Waals surface area contributed by atoms with E-state index in [2.05, 4.69) is 5.32 Å². The molecule has 0 unspecified atom stereocenters. The summed E-state index contributed by atoms with van der Waals surface area (Å²) in [4.78, 5) is 11.9. The maximum absolute atomic E-state index is 11.9. The van der Waals surface area contributed by atoms with Crippen molar-refractivity contribution in [1.29, 1.82) is 0 Å². The average Bonchev–Trinajstić information content (AvgIpc) is 2.81. The lowest BCUT2D eigenvalue weighted by Gasteiger charge is -2.12. The second-order valence-electron chi connectivity index (χ2n) is 4.51. The van der Waals surface area contributed by atoms with E-state index in [4.69, 9.17) is 5.14 Å². The van der Waals surface area contributed by atoms with E-state index in [1.54, 1.807) is 18.2 Å². The molecule has 1 aromatic rings. The maximum Gasteiger partial charge on any atom is 0.240 e. The molecule has 1 aliphatic rings. The lowest BCUT2D eigenvalue weighted by Crippen LogP contribution is -2.23. The van der Waals surface area contributed by atoms with E-state index in [9.17, 15) is 13.2 Å². The molecule has 5 nitrogen and oxygen atoms in total. The molecule has 0 heterocycles. The summed E-state index contributed by atoms with van der Waals surface area (Å²) >= 11 is 0. The lowest BCUT2D eigenvalue weighted by molar-refractivity contribution is -0.119. The standard InChI is InChI=1S/C12H16N2O3S/c13-18(16,17)11-8-4-3-7-10(11)14-12(15)9-5-1-2-6-9/h3-4,7-9H,1-2,5-6H2,(H,14,15)(H2,13,16,17). The van der Waals surface area contributed by atoms with E-state index >= 15 is 0 Å². The van der Waals surface area contributed by atoms with Crippen LogP contribution in [-0.4, -0.2) is 14.3 Å². The van der Waals surface area contributed by atoms with Crippen molar-refractivity contribution in [2.45, 2.75) is 30.6 Å². The molecule has 18 heavy (non-hydrogen) atoms. The summed E-state index contributed by atoms with van der Waals surface area (Å²) in [6.07, 6.45) is 3.83. The van der Waals surface area contributed by atoms with Crippen molar-refractivity contribution in [2.75, 3.05) is 5.32 Å². The molecule has 0 spiro atoms. The topological polar surface area (TPSA) is 89.3 Å². The molecule has 0 bridgehead atoms. The van der Waals surface area contributed by atoms with Crippen molar-refractivity contribution in [3.05, 3.63) is 24.3 Å². The molecule has 1 aliphatic carbocycles. The molecule has 6 heteroatoms. The molecule has 2 rings (SSSR count). The van der Waals surface area contributed by atoms with Crippen LogP contribution in [0, 0.1) is 5.92 Å². The Kier molecular flexibility index (Phi) is 3.68. The van der Waals surface area contributed by atoms with E-state index in [1.807, 2.05) is 0 Å². The van der Waals surface area contributed by atoms with Crippen molar-refractivity contribution >= 4 is 21.6 Å². The number of amides is 1. The monoisotopic (exact) mass is 268 g/mol. The third-order valence-electron chi connectivity index (χ3n) is 3.18. The lowest BCUT2D eigenvalue weighted by atomic mass is 10.1. The molecule has 0 saturated heterocycles. The number of carbonyl (C=O) groups excluding carboxylic acids is 1. The van der Waals surface area contributed by atoms with Gasteiger partial charge in [-0.1, -0.05) is 25.0 Å². The van der Waals surface area contributed by atoms with Crippen LogP contribution in [0.2, 0.25) is 0 Å². The van der Waals surface area contributed by atoms with Crippen LogP contribution in [0.15, 0.2) is 29.2 Å². The van der Waals surface area contributed by atoms with Gasteiger partial charge in [-0.3, -0.25) is 4.79 Å². The quantitative estimate of drug-likeness (QED) is 0.869. The third kappa shape index (κ3) is 2.88. The van der Waals surface area contributed by atoms with Gasteiger partial charge in [0.25, 0.3) is 0 Å². The molecule has 0 aliphatic heterocycles. The first kappa shape index (κ1) is 13.0. The van der Waals surface area contributed by atoms with Crippen LogP contribution in [-0.2, 0) is 14.8 Å². The maximum atomic E-state index is 11.9. The highest BCUT2D eigenvalue weighted by Gasteiger charge is 2.24. The zero-order valence-corrected chi connectivity index (χ0v) is 10.7. The van der Waals surface area contributed by atoms with E-state index in [0.29, 0.717) is 0 Å². The van der Waals surface area contributed by atoms with Crippen LogP contribution in [0.25, 0.3) is 0 Å². The summed E-state index contributed by atoms with van der Waals surface area (Å²) in [5.41, 5.74) is 0.261. The molecule has 0 atom stereocenters. The number of hydrogen-bond acceptors (Lipinski definition) is 3. The molecule has 3 N–H and O–H groups in total. The highest BCUT2D eigenvalue weighted by atomic mass is 32.2. The fourth-order valence-corrected chi connectivity index (χ4v) is 2.93. The Morgan fingerprint density at radius 3 is 2.44 bits per heavy atom. The number of carbonyl (C=O) groups is 1. The summed E-state index contributed by atoms with van der Waals surface area (Å²) in [5, 5.41) is 7.77. The fraction of sp³-hybridized carbons (Fsp3) is 0.417. The van der Waals surface area contributed by atoms with E-state index in [0.717, 1.165) is 25.7 Å². The SMILES string of the molecule is NS(=O)(=O)c1ccccc1NC(=O)C1CCCC1.